The van der Waals surface area contributed by atoms with Gasteiger partial charge in [0.1, 0.15) is 0 Å². The molecule has 134 valence electrons. The first-order chi connectivity index (χ1) is 11.6. The number of thiocarbonyl (C=S) groups is 1. The average molecular weight is 378 g/mol. The van der Waals surface area contributed by atoms with Crippen molar-refractivity contribution in [3.63, 3.8) is 0 Å². The smallest absolute Gasteiger partial charge is 0.238 e. The molecule has 2 aromatic rings. The summed E-state index contributed by atoms with van der Waals surface area (Å²) in [6.07, 6.45) is 0. The Morgan fingerprint density at radius 2 is 1.76 bits per heavy atom. The van der Waals surface area contributed by atoms with E-state index in [1.165, 1.54) is 17.7 Å². The lowest BCUT2D eigenvalue weighted by atomic mass is 10.1. The Kier molecular flexibility index (Phi) is 5.82. The van der Waals surface area contributed by atoms with Crippen molar-refractivity contribution in [3.05, 3.63) is 59.2 Å². The number of rotatable bonds is 4. The van der Waals surface area contributed by atoms with Gasteiger partial charge in [0.15, 0.2) is 5.11 Å². The predicted octanol–water partition coefficient (Wildman–Crippen LogP) is 3.34. The zero-order valence-electron chi connectivity index (χ0n) is 14.8. The summed E-state index contributed by atoms with van der Waals surface area (Å²) in [6.45, 7) is 6.11. The van der Waals surface area contributed by atoms with Crippen molar-refractivity contribution in [2.75, 3.05) is 12.4 Å². The third kappa shape index (κ3) is 4.56. The van der Waals surface area contributed by atoms with Crippen molar-refractivity contribution in [1.82, 2.24) is 4.90 Å². The molecule has 0 aliphatic heterocycles. The fraction of sp³-hybridized carbons (Fsp3) is 0.278. The molecule has 0 fully saturated rings. The molecule has 2 aromatic carbocycles. The first-order valence-corrected chi connectivity index (χ1v) is 9.79. The van der Waals surface area contributed by atoms with E-state index in [4.69, 9.17) is 17.4 Å². The summed E-state index contributed by atoms with van der Waals surface area (Å²) in [7, 11) is -1.78. The highest BCUT2D eigenvalue weighted by atomic mass is 32.2. The second-order valence-corrected chi connectivity index (χ2v) is 8.03. The molecular formula is C18H23N3O2S2. The number of hydrogen-bond donors (Lipinski definition) is 2. The van der Waals surface area contributed by atoms with Gasteiger partial charge < -0.3 is 10.2 Å². The van der Waals surface area contributed by atoms with Crippen LogP contribution in [0.1, 0.15) is 29.7 Å². The first-order valence-electron chi connectivity index (χ1n) is 7.84. The number of benzene rings is 2. The minimum atomic E-state index is -3.68. The summed E-state index contributed by atoms with van der Waals surface area (Å²) >= 11 is 5.52. The van der Waals surface area contributed by atoms with E-state index in [1.54, 1.807) is 12.1 Å². The molecule has 0 saturated heterocycles. The second kappa shape index (κ2) is 7.51. The van der Waals surface area contributed by atoms with Crippen molar-refractivity contribution >= 4 is 33.0 Å². The Morgan fingerprint density at radius 3 is 2.32 bits per heavy atom. The summed E-state index contributed by atoms with van der Waals surface area (Å²) in [5.41, 5.74) is 4.28. The fourth-order valence-corrected chi connectivity index (χ4v) is 3.21. The number of aryl methyl sites for hydroxylation is 1. The molecule has 5 nitrogen and oxygen atoms in total. The Morgan fingerprint density at radius 1 is 1.16 bits per heavy atom. The monoisotopic (exact) mass is 377 g/mol. The van der Waals surface area contributed by atoms with Crippen LogP contribution in [0.15, 0.2) is 47.4 Å². The van der Waals surface area contributed by atoms with Crippen LogP contribution in [0.4, 0.5) is 5.69 Å². The number of nitrogens with two attached hydrogens (primary N) is 1. The van der Waals surface area contributed by atoms with Crippen molar-refractivity contribution in [2.24, 2.45) is 5.14 Å². The molecule has 1 atom stereocenters. The van der Waals surface area contributed by atoms with Crippen molar-refractivity contribution in [3.8, 4) is 0 Å². The Hall–Kier alpha value is -1.96. The third-order valence-electron chi connectivity index (χ3n) is 4.44. The van der Waals surface area contributed by atoms with Gasteiger partial charge in [-0.25, -0.2) is 13.6 Å². The molecule has 0 heterocycles. The zero-order chi connectivity index (χ0) is 18.8. The molecule has 7 heteroatoms. The van der Waals surface area contributed by atoms with Gasteiger partial charge in [-0.05, 0) is 67.9 Å². The maximum absolute atomic E-state index is 11.4. The lowest BCUT2D eigenvalue weighted by Crippen LogP contribution is -2.33. The largest absolute Gasteiger partial charge is 0.345 e. The molecular weight excluding hydrogens is 354 g/mol. The quantitative estimate of drug-likeness (QED) is 0.799. The number of nitrogens with one attached hydrogen (secondary N) is 1. The summed E-state index contributed by atoms with van der Waals surface area (Å²) in [5, 5.41) is 9.01. The van der Waals surface area contributed by atoms with E-state index in [1.807, 2.05) is 31.0 Å². The highest BCUT2D eigenvalue weighted by Crippen LogP contribution is 2.23. The lowest BCUT2D eigenvalue weighted by Gasteiger charge is -2.28. The summed E-state index contributed by atoms with van der Waals surface area (Å²) in [4.78, 5) is 2.03. The third-order valence-corrected chi connectivity index (χ3v) is 5.76. The molecule has 0 amide bonds. The average Bonchev–Trinajstić information content (AvgIpc) is 2.57. The van der Waals surface area contributed by atoms with Gasteiger partial charge in [0.05, 0.1) is 10.9 Å². The molecule has 0 aliphatic rings. The maximum Gasteiger partial charge on any atom is 0.238 e. The van der Waals surface area contributed by atoms with Gasteiger partial charge in [0.25, 0.3) is 0 Å². The van der Waals surface area contributed by atoms with E-state index < -0.39 is 10.0 Å². The van der Waals surface area contributed by atoms with E-state index >= 15 is 0 Å². The summed E-state index contributed by atoms with van der Waals surface area (Å²) in [6, 6.07) is 12.5. The summed E-state index contributed by atoms with van der Waals surface area (Å²) < 4.78 is 22.7. The Balaban J connectivity index is 2.14. The number of anilines is 1. The highest BCUT2D eigenvalue weighted by molar-refractivity contribution is 7.89. The van der Waals surface area contributed by atoms with Gasteiger partial charge in [-0.2, -0.15) is 0 Å². The van der Waals surface area contributed by atoms with Crippen LogP contribution in [0.2, 0.25) is 0 Å². The molecule has 0 spiro atoms. The number of hydrogen-bond acceptors (Lipinski definition) is 3. The van der Waals surface area contributed by atoms with Gasteiger partial charge in [0, 0.05) is 12.7 Å². The van der Waals surface area contributed by atoms with Crippen molar-refractivity contribution in [2.45, 2.75) is 31.7 Å². The van der Waals surface area contributed by atoms with Crippen LogP contribution < -0.4 is 10.5 Å². The molecule has 0 aliphatic carbocycles. The van der Waals surface area contributed by atoms with Crippen LogP contribution in [-0.2, 0) is 10.0 Å². The van der Waals surface area contributed by atoms with E-state index in [0.717, 1.165) is 16.8 Å². The minimum Gasteiger partial charge on any atom is -0.345 e. The van der Waals surface area contributed by atoms with Crippen molar-refractivity contribution in [1.29, 1.82) is 0 Å². The fourth-order valence-electron chi connectivity index (χ4n) is 2.43. The van der Waals surface area contributed by atoms with Gasteiger partial charge in [0.2, 0.25) is 10.0 Å². The molecule has 0 aromatic heterocycles. The topological polar surface area (TPSA) is 75.4 Å². The normalized spacial score (nSPS) is 12.5. The van der Waals surface area contributed by atoms with Crippen molar-refractivity contribution < 1.29 is 8.42 Å². The molecule has 25 heavy (non-hydrogen) atoms. The molecule has 2 rings (SSSR count). The molecule has 0 bridgehead atoms. The molecule has 0 unspecified atom stereocenters. The molecule has 3 N–H and O–H groups in total. The summed E-state index contributed by atoms with van der Waals surface area (Å²) in [5.74, 6) is 0. The van der Waals surface area contributed by atoms with Gasteiger partial charge in [-0.15, -0.1) is 0 Å². The van der Waals surface area contributed by atoms with E-state index in [-0.39, 0.29) is 10.9 Å². The zero-order valence-corrected chi connectivity index (χ0v) is 16.4. The number of primary sulfonamides is 1. The van der Waals surface area contributed by atoms with Crippen LogP contribution in [0.5, 0.6) is 0 Å². The standard InChI is InChI=1S/C18H23N3O2S2/c1-12-6-5-7-17(13(12)2)20-18(24)21(4)14(3)15-8-10-16(11-9-15)25(19,22)23/h5-11,14H,1-4H3,(H,20,24)(H2,19,22,23)/t14-/m0/s1. The van der Waals surface area contributed by atoms with Crippen LogP contribution in [0, 0.1) is 13.8 Å². The lowest BCUT2D eigenvalue weighted by molar-refractivity contribution is 0.408. The van der Waals surface area contributed by atoms with E-state index in [2.05, 4.69) is 25.2 Å². The SMILES string of the molecule is Cc1cccc(NC(=S)N(C)[C@@H](C)c2ccc(S(N)(=O)=O)cc2)c1C. The van der Waals surface area contributed by atoms with E-state index in [9.17, 15) is 8.42 Å². The van der Waals surface area contributed by atoms with E-state index in [0.29, 0.717) is 5.11 Å². The highest BCUT2D eigenvalue weighted by Gasteiger charge is 2.16. The second-order valence-electron chi connectivity index (χ2n) is 6.08. The van der Waals surface area contributed by atoms with Crippen LogP contribution in [0.25, 0.3) is 0 Å². The number of sulfonamides is 1. The van der Waals surface area contributed by atoms with Crippen LogP contribution >= 0.6 is 12.2 Å². The van der Waals surface area contributed by atoms with Crippen LogP contribution in [-0.4, -0.2) is 25.5 Å². The number of nitrogens with zero attached hydrogens (tertiary/aromatic N) is 1. The van der Waals surface area contributed by atoms with Gasteiger partial charge >= 0.3 is 0 Å². The Labute approximate surface area is 154 Å². The maximum atomic E-state index is 11.4. The molecule has 0 saturated carbocycles. The van der Waals surface area contributed by atoms with Gasteiger partial charge in [-0.1, -0.05) is 24.3 Å². The predicted molar refractivity (Wildman–Crippen MR) is 106 cm³/mol. The van der Waals surface area contributed by atoms with Crippen LogP contribution in [0.3, 0.4) is 0 Å². The minimum absolute atomic E-state index is 0.0281. The first kappa shape index (κ1) is 19.4. The Bertz CT molecular complexity index is 878. The van der Waals surface area contributed by atoms with Gasteiger partial charge in [-0.3, -0.25) is 0 Å². The molecule has 0 radical (unpaired) electrons.